The molecule has 1 heterocycles. The molecule has 27 heavy (non-hydrogen) atoms. The van der Waals surface area contributed by atoms with Crippen LogP contribution in [-0.4, -0.2) is 40.2 Å². The molecular weight excluding hydrogens is 366 g/mol. The maximum absolute atomic E-state index is 13.1. The molecule has 142 valence electrons. The molecule has 7 heteroatoms. The summed E-state index contributed by atoms with van der Waals surface area (Å²) in [6.07, 6.45) is 2.59. The van der Waals surface area contributed by atoms with E-state index in [2.05, 4.69) is 0 Å². The molecule has 0 radical (unpaired) electrons. The van der Waals surface area contributed by atoms with Gasteiger partial charge in [0.2, 0.25) is 0 Å². The molecule has 1 amide bonds. The zero-order valence-electron chi connectivity index (χ0n) is 15.3. The Morgan fingerprint density at radius 2 is 1.89 bits per heavy atom. The van der Waals surface area contributed by atoms with Gasteiger partial charge in [-0.05, 0) is 48.2 Å². The average molecular weight is 387 g/mol. The SMILES string of the molecule is COC(=O)c1cccc2c1CCCN2C(=O)c1cccc(CS(C)(=O)=O)c1. The maximum atomic E-state index is 13.1. The number of benzene rings is 2. The highest BCUT2D eigenvalue weighted by molar-refractivity contribution is 7.89. The summed E-state index contributed by atoms with van der Waals surface area (Å²) < 4.78 is 27.9. The fourth-order valence-corrected chi connectivity index (χ4v) is 4.17. The molecule has 3 rings (SSSR count). The van der Waals surface area contributed by atoms with E-state index in [1.165, 1.54) is 7.11 Å². The van der Waals surface area contributed by atoms with E-state index in [1.54, 1.807) is 41.3 Å². The lowest BCUT2D eigenvalue weighted by Gasteiger charge is -2.30. The molecule has 0 saturated heterocycles. The third-order valence-electron chi connectivity index (χ3n) is 4.50. The van der Waals surface area contributed by atoms with Crippen LogP contribution in [0.15, 0.2) is 42.5 Å². The van der Waals surface area contributed by atoms with E-state index >= 15 is 0 Å². The number of sulfone groups is 1. The molecule has 1 aliphatic heterocycles. The van der Waals surface area contributed by atoms with E-state index in [4.69, 9.17) is 4.74 Å². The number of anilines is 1. The van der Waals surface area contributed by atoms with E-state index in [1.807, 2.05) is 6.07 Å². The van der Waals surface area contributed by atoms with Gasteiger partial charge in [-0.1, -0.05) is 18.2 Å². The Morgan fingerprint density at radius 3 is 2.59 bits per heavy atom. The number of rotatable bonds is 4. The second kappa shape index (κ2) is 7.52. The third-order valence-corrected chi connectivity index (χ3v) is 5.36. The third kappa shape index (κ3) is 4.19. The number of carbonyl (C=O) groups is 2. The number of nitrogens with zero attached hydrogens (tertiary/aromatic N) is 1. The Balaban J connectivity index is 1.96. The molecule has 2 aromatic rings. The Morgan fingerprint density at radius 1 is 1.15 bits per heavy atom. The van der Waals surface area contributed by atoms with Gasteiger partial charge in [-0.25, -0.2) is 13.2 Å². The van der Waals surface area contributed by atoms with Crippen molar-refractivity contribution in [2.45, 2.75) is 18.6 Å². The number of ether oxygens (including phenoxy) is 1. The van der Waals surface area contributed by atoms with E-state index < -0.39 is 15.8 Å². The van der Waals surface area contributed by atoms with Crippen LogP contribution in [0.25, 0.3) is 0 Å². The zero-order valence-corrected chi connectivity index (χ0v) is 16.1. The standard InChI is InChI=1S/C20H21NO5S/c1-26-20(23)17-8-4-10-18-16(17)9-5-11-21(18)19(22)15-7-3-6-14(12-15)13-27(2,24)25/h3-4,6-8,10,12H,5,9,11,13H2,1-2H3. The van der Waals surface area contributed by atoms with Crippen molar-refractivity contribution in [3.05, 3.63) is 64.7 Å². The lowest BCUT2D eigenvalue weighted by molar-refractivity contribution is 0.0599. The van der Waals surface area contributed by atoms with Crippen molar-refractivity contribution in [3.8, 4) is 0 Å². The van der Waals surface area contributed by atoms with Gasteiger partial charge in [0, 0.05) is 24.1 Å². The van der Waals surface area contributed by atoms with Crippen LogP contribution in [0.4, 0.5) is 5.69 Å². The first kappa shape index (κ1) is 19.1. The van der Waals surface area contributed by atoms with Gasteiger partial charge in [0.15, 0.2) is 9.84 Å². The molecule has 1 aliphatic rings. The van der Waals surface area contributed by atoms with Gasteiger partial charge in [-0.15, -0.1) is 0 Å². The monoisotopic (exact) mass is 387 g/mol. The summed E-state index contributed by atoms with van der Waals surface area (Å²) in [5, 5.41) is 0. The van der Waals surface area contributed by atoms with Crippen molar-refractivity contribution in [1.82, 2.24) is 0 Å². The van der Waals surface area contributed by atoms with Crippen molar-refractivity contribution in [3.63, 3.8) is 0 Å². The lowest BCUT2D eigenvalue weighted by Crippen LogP contribution is -2.36. The molecule has 0 aliphatic carbocycles. The van der Waals surface area contributed by atoms with Gasteiger partial charge >= 0.3 is 5.97 Å². The Kier molecular flexibility index (Phi) is 5.32. The number of hydrogen-bond donors (Lipinski definition) is 0. The Bertz CT molecular complexity index is 997. The fraction of sp³-hybridized carbons (Fsp3) is 0.300. The predicted octanol–water partition coefficient (Wildman–Crippen LogP) is 2.61. The molecule has 0 fully saturated rings. The van der Waals surface area contributed by atoms with Crippen LogP contribution < -0.4 is 4.90 Å². The first-order valence-electron chi connectivity index (χ1n) is 8.59. The van der Waals surface area contributed by atoms with Crippen LogP contribution in [-0.2, 0) is 26.7 Å². The molecule has 2 aromatic carbocycles. The first-order chi connectivity index (χ1) is 12.8. The van der Waals surface area contributed by atoms with Crippen LogP contribution in [0.5, 0.6) is 0 Å². The van der Waals surface area contributed by atoms with Gasteiger partial charge in [-0.2, -0.15) is 0 Å². The molecule has 0 unspecified atom stereocenters. The van der Waals surface area contributed by atoms with E-state index in [0.717, 1.165) is 18.2 Å². The minimum Gasteiger partial charge on any atom is -0.465 e. The summed E-state index contributed by atoms with van der Waals surface area (Å²) in [4.78, 5) is 26.8. The highest BCUT2D eigenvalue weighted by Gasteiger charge is 2.27. The van der Waals surface area contributed by atoms with Gasteiger partial charge in [-0.3, -0.25) is 4.79 Å². The highest BCUT2D eigenvalue weighted by Crippen LogP contribution is 2.31. The van der Waals surface area contributed by atoms with Crippen molar-refractivity contribution in [2.75, 3.05) is 24.8 Å². The smallest absolute Gasteiger partial charge is 0.338 e. The topological polar surface area (TPSA) is 80.8 Å². The molecule has 0 aromatic heterocycles. The zero-order chi connectivity index (χ0) is 19.6. The number of amides is 1. The highest BCUT2D eigenvalue weighted by atomic mass is 32.2. The summed E-state index contributed by atoms with van der Waals surface area (Å²) in [6.45, 7) is 0.534. The minimum atomic E-state index is -3.19. The molecule has 0 spiro atoms. The lowest BCUT2D eigenvalue weighted by atomic mass is 9.95. The number of methoxy groups -OCH3 is 1. The van der Waals surface area contributed by atoms with E-state index in [0.29, 0.717) is 35.3 Å². The molecule has 0 bridgehead atoms. The molecule has 0 saturated carbocycles. The number of hydrogen-bond acceptors (Lipinski definition) is 5. The van der Waals surface area contributed by atoms with Crippen molar-refractivity contribution < 1.29 is 22.7 Å². The van der Waals surface area contributed by atoms with E-state index in [-0.39, 0.29) is 11.7 Å². The van der Waals surface area contributed by atoms with Gasteiger partial charge in [0.25, 0.3) is 5.91 Å². The summed E-state index contributed by atoms with van der Waals surface area (Å²) in [5.74, 6) is -0.749. The summed E-state index contributed by atoms with van der Waals surface area (Å²) in [7, 11) is -1.85. The Hall–Kier alpha value is -2.67. The van der Waals surface area contributed by atoms with Crippen molar-refractivity contribution in [2.24, 2.45) is 0 Å². The summed E-state index contributed by atoms with van der Waals surface area (Å²) in [5.41, 5.74) is 2.97. The second-order valence-corrected chi connectivity index (χ2v) is 8.77. The maximum Gasteiger partial charge on any atom is 0.338 e. The predicted molar refractivity (Wildman–Crippen MR) is 103 cm³/mol. The van der Waals surface area contributed by atoms with Crippen LogP contribution in [0.1, 0.15) is 38.3 Å². The quantitative estimate of drug-likeness (QED) is 0.754. The molecule has 0 N–H and O–H groups in total. The van der Waals surface area contributed by atoms with Crippen LogP contribution in [0.2, 0.25) is 0 Å². The van der Waals surface area contributed by atoms with Crippen LogP contribution in [0, 0.1) is 0 Å². The number of esters is 1. The first-order valence-corrected chi connectivity index (χ1v) is 10.6. The van der Waals surface area contributed by atoms with Gasteiger partial charge in [0.05, 0.1) is 18.4 Å². The average Bonchev–Trinajstić information content (AvgIpc) is 2.64. The molecule has 6 nitrogen and oxygen atoms in total. The normalized spacial score (nSPS) is 13.8. The largest absolute Gasteiger partial charge is 0.465 e. The van der Waals surface area contributed by atoms with Crippen molar-refractivity contribution >= 4 is 27.4 Å². The van der Waals surface area contributed by atoms with Crippen LogP contribution >= 0.6 is 0 Å². The number of fused-ring (bicyclic) bond motifs is 1. The molecule has 0 atom stereocenters. The van der Waals surface area contributed by atoms with E-state index in [9.17, 15) is 18.0 Å². The fourth-order valence-electron chi connectivity index (χ4n) is 3.39. The van der Waals surface area contributed by atoms with Gasteiger partial charge < -0.3 is 9.64 Å². The molecular formula is C20H21NO5S. The van der Waals surface area contributed by atoms with Gasteiger partial charge in [0.1, 0.15) is 0 Å². The second-order valence-electron chi connectivity index (χ2n) is 6.63. The van der Waals surface area contributed by atoms with Crippen molar-refractivity contribution in [1.29, 1.82) is 0 Å². The number of carbonyl (C=O) groups excluding carboxylic acids is 2. The Labute approximate surface area is 158 Å². The summed E-state index contributed by atoms with van der Waals surface area (Å²) >= 11 is 0. The minimum absolute atomic E-state index is 0.114. The summed E-state index contributed by atoms with van der Waals surface area (Å²) in [6, 6.07) is 11.9. The van der Waals surface area contributed by atoms with Crippen LogP contribution in [0.3, 0.4) is 0 Å².